The van der Waals surface area contributed by atoms with Gasteiger partial charge in [-0.05, 0) is 23.6 Å². The maximum Gasteiger partial charge on any atom is 0.237 e. The van der Waals surface area contributed by atoms with Gasteiger partial charge in [0.05, 0.1) is 18.7 Å². The predicted octanol–water partition coefficient (Wildman–Crippen LogP) is 0.270. The van der Waals surface area contributed by atoms with Crippen LogP contribution in [0.3, 0.4) is 0 Å². The average molecular weight is 300 g/mol. The van der Waals surface area contributed by atoms with Gasteiger partial charge in [-0.1, -0.05) is 24.3 Å². The van der Waals surface area contributed by atoms with E-state index >= 15 is 0 Å². The number of hydrogen-bond acceptors (Lipinski definition) is 4. The Morgan fingerprint density at radius 1 is 1.41 bits per heavy atom. The van der Waals surface area contributed by atoms with E-state index in [9.17, 15) is 9.90 Å². The Morgan fingerprint density at radius 3 is 3.00 bits per heavy atom. The zero-order valence-corrected chi connectivity index (χ0v) is 12.3. The fraction of sp³-hybridized carbons (Fsp3) is 0.375. The minimum atomic E-state index is -0.423. The molecular weight excluding hydrogens is 280 g/mol. The molecule has 6 heteroatoms. The van der Waals surface area contributed by atoms with Crippen LogP contribution in [0, 0.1) is 0 Å². The zero-order chi connectivity index (χ0) is 15.4. The standard InChI is InChI=1S/C16H20N4O2/c21-14-8-15(17-10-14)16(22)18-9-12-3-1-4-13(7-12)11-20-6-2-5-19-20/h1-7,14-15,17,21H,8-11H2,(H,18,22). The first-order valence-electron chi connectivity index (χ1n) is 7.45. The highest BCUT2D eigenvalue weighted by atomic mass is 16.3. The van der Waals surface area contributed by atoms with E-state index in [-0.39, 0.29) is 11.9 Å². The van der Waals surface area contributed by atoms with Gasteiger partial charge >= 0.3 is 0 Å². The third-order valence-corrected chi connectivity index (χ3v) is 3.79. The fourth-order valence-electron chi connectivity index (χ4n) is 2.65. The van der Waals surface area contributed by atoms with Crippen molar-refractivity contribution in [2.45, 2.75) is 31.7 Å². The molecule has 1 aliphatic rings. The summed E-state index contributed by atoms with van der Waals surface area (Å²) in [4.78, 5) is 12.0. The molecular formula is C16H20N4O2. The first-order chi connectivity index (χ1) is 10.7. The molecule has 2 heterocycles. The summed E-state index contributed by atoms with van der Waals surface area (Å²) in [6.07, 6.45) is 3.73. The Hall–Kier alpha value is -2.18. The number of aliphatic hydroxyl groups is 1. The van der Waals surface area contributed by atoms with Crippen LogP contribution in [0.15, 0.2) is 42.7 Å². The van der Waals surface area contributed by atoms with Crippen LogP contribution in [0.5, 0.6) is 0 Å². The normalized spacial score (nSPS) is 21.0. The molecule has 22 heavy (non-hydrogen) atoms. The lowest BCUT2D eigenvalue weighted by molar-refractivity contribution is -0.123. The number of aliphatic hydroxyl groups excluding tert-OH is 1. The number of carbonyl (C=O) groups excluding carboxylic acids is 1. The number of nitrogens with zero attached hydrogens (tertiary/aromatic N) is 2. The summed E-state index contributed by atoms with van der Waals surface area (Å²) in [5.74, 6) is -0.0611. The summed E-state index contributed by atoms with van der Waals surface area (Å²) >= 11 is 0. The number of benzene rings is 1. The highest BCUT2D eigenvalue weighted by molar-refractivity contribution is 5.82. The van der Waals surface area contributed by atoms with Crippen LogP contribution in [0.25, 0.3) is 0 Å². The van der Waals surface area contributed by atoms with Crippen LogP contribution in [0.1, 0.15) is 17.5 Å². The molecule has 1 amide bonds. The van der Waals surface area contributed by atoms with E-state index in [1.807, 2.05) is 35.1 Å². The molecule has 0 spiro atoms. The molecule has 2 aromatic rings. The van der Waals surface area contributed by atoms with E-state index in [2.05, 4.69) is 21.8 Å². The van der Waals surface area contributed by atoms with Gasteiger partial charge in [0, 0.05) is 25.5 Å². The summed E-state index contributed by atoms with van der Waals surface area (Å²) in [6.45, 7) is 1.68. The van der Waals surface area contributed by atoms with Crippen molar-refractivity contribution in [2.75, 3.05) is 6.54 Å². The van der Waals surface area contributed by atoms with Gasteiger partial charge < -0.3 is 15.7 Å². The van der Waals surface area contributed by atoms with E-state index in [4.69, 9.17) is 0 Å². The van der Waals surface area contributed by atoms with Gasteiger partial charge in [0.2, 0.25) is 5.91 Å². The summed E-state index contributed by atoms with van der Waals surface area (Å²) in [5.41, 5.74) is 2.20. The predicted molar refractivity (Wildman–Crippen MR) is 82.0 cm³/mol. The van der Waals surface area contributed by atoms with Crippen molar-refractivity contribution < 1.29 is 9.90 Å². The second-order valence-electron chi connectivity index (χ2n) is 5.59. The Kier molecular flexibility index (Phi) is 4.50. The highest BCUT2D eigenvalue weighted by Gasteiger charge is 2.27. The van der Waals surface area contributed by atoms with E-state index in [1.165, 1.54) is 0 Å². The lowest BCUT2D eigenvalue weighted by atomic mass is 10.1. The number of nitrogens with one attached hydrogen (secondary N) is 2. The molecule has 116 valence electrons. The largest absolute Gasteiger partial charge is 0.392 e. The molecule has 6 nitrogen and oxygen atoms in total. The van der Waals surface area contributed by atoms with Crippen molar-refractivity contribution in [3.05, 3.63) is 53.9 Å². The van der Waals surface area contributed by atoms with Crippen LogP contribution in [-0.2, 0) is 17.9 Å². The zero-order valence-electron chi connectivity index (χ0n) is 12.3. The molecule has 0 bridgehead atoms. The first-order valence-corrected chi connectivity index (χ1v) is 7.45. The Bertz CT molecular complexity index is 627. The van der Waals surface area contributed by atoms with Gasteiger partial charge in [-0.3, -0.25) is 9.48 Å². The summed E-state index contributed by atoms with van der Waals surface area (Å²) in [5, 5.41) is 19.6. The van der Waals surface area contributed by atoms with Crippen LogP contribution in [-0.4, -0.2) is 39.5 Å². The van der Waals surface area contributed by atoms with Crippen LogP contribution >= 0.6 is 0 Å². The van der Waals surface area contributed by atoms with Crippen LogP contribution in [0.4, 0.5) is 0 Å². The van der Waals surface area contributed by atoms with Gasteiger partial charge in [0.25, 0.3) is 0 Å². The van der Waals surface area contributed by atoms with Gasteiger partial charge in [-0.2, -0.15) is 5.10 Å². The Morgan fingerprint density at radius 2 is 2.27 bits per heavy atom. The third-order valence-electron chi connectivity index (χ3n) is 3.79. The van der Waals surface area contributed by atoms with Crippen LogP contribution < -0.4 is 10.6 Å². The van der Waals surface area contributed by atoms with Crippen molar-refractivity contribution in [1.82, 2.24) is 20.4 Å². The van der Waals surface area contributed by atoms with Gasteiger partial charge in [0.15, 0.2) is 0 Å². The van der Waals surface area contributed by atoms with Gasteiger partial charge in [-0.25, -0.2) is 0 Å². The van der Waals surface area contributed by atoms with E-state index in [0.717, 1.165) is 11.1 Å². The molecule has 2 atom stereocenters. The molecule has 3 rings (SSSR count). The summed E-state index contributed by atoms with van der Waals surface area (Å²) in [7, 11) is 0. The first kappa shape index (κ1) is 14.7. The maximum absolute atomic E-state index is 12.0. The summed E-state index contributed by atoms with van der Waals surface area (Å²) < 4.78 is 1.86. The fourth-order valence-corrected chi connectivity index (χ4v) is 2.65. The number of carbonyl (C=O) groups is 1. The van der Waals surface area contributed by atoms with Crippen molar-refractivity contribution in [1.29, 1.82) is 0 Å². The van der Waals surface area contributed by atoms with E-state index < -0.39 is 6.10 Å². The third kappa shape index (κ3) is 3.72. The lowest BCUT2D eigenvalue weighted by Crippen LogP contribution is -2.40. The minimum Gasteiger partial charge on any atom is -0.392 e. The minimum absolute atomic E-state index is 0.0611. The molecule has 0 saturated carbocycles. The maximum atomic E-state index is 12.0. The molecule has 0 radical (unpaired) electrons. The SMILES string of the molecule is O=C(NCc1cccc(Cn2cccn2)c1)C1CC(O)CN1. The number of β-amino-alcohol motifs (C(OH)–C–C–N with tert-alkyl or cyclic N) is 1. The molecule has 2 unspecified atom stereocenters. The second kappa shape index (κ2) is 6.72. The van der Waals surface area contributed by atoms with E-state index in [0.29, 0.717) is 26.1 Å². The molecule has 3 N–H and O–H groups in total. The molecule has 1 saturated heterocycles. The number of rotatable bonds is 5. The highest BCUT2D eigenvalue weighted by Crippen LogP contribution is 2.09. The van der Waals surface area contributed by atoms with Crippen molar-refractivity contribution in [3.8, 4) is 0 Å². The summed E-state index contributed by atoms with van der Waals surface area (Å²) in [6, 6.07) is 9.69. The number of aromatic nitrogens is 2. The second-order valence-corrected chi connectivity index (χ2v) is 5.59. The van der Waals surface area contributed by atoms with Crippen molar-refractivity contribution >= 4 is 5.91 Å². The smallest absolute Gasteiger partial charge is 0.237 e. The number of hydrogen-bond donors (Lipinski definition) is 3. The van der Waals surface area contributed by atoms with Gasteiger partial charge in [0.1, 0.15) is 0 Å². The van der Waals surface area contributed by atoms with Crippen molar-refractivity contribution in [3.63, 3.8) is 0 Å². The molecule has 1 aliphatic heterocycles. The average Bonchev–Trinajstić information content (AvgIpc) is 3.17. The van der Waals surface area contributed by atoms with Gasteiger partial charge in [-0.15, -0.1) is 0 Å². The molecule has 1 fully saturated rings. The Balaban J connectivity index is 1.55. The monoisotopic (exact) mass is 300 g/mol. The van der Waals surface area contributed by atoms with Crippen molar-refractivity contribution in [2.24, 2.45) is 0 Å². The van der Waals surface area contributed by atoms with Crippen LogP contribution in [0.2, 0.25) is 0 Å². The lowest BCUT2D eigenvalue weighted by Gasteiger charge is -2.11. The molecule has 1 aromatic heterocycles. The molecule has 1 aromatic carbocycles. The number of amides is 1. The van der Waals surface area contributed by atoms with E-state index in [1.54, 1.807) is 6.20 Å². The Labute approximate surface area is 129 Å². The topological polar surface area (TPSA) is 79.2 Å². The molecule has 0 aliphatic carbocycles. The quantitative estimate of drug-likeness (QED) is 0.740.